The molecule has 0 saturated heterocycles. The first-order valence-corrected chi connectivity index (χ1v) is 11.2. The fourth-order valence-electron chi connectivity index (χ4n) is 4.04. The van der Waals surface area contributed by atoms with E-state index in [2.05, 4.69) is 0 Å². The smallest absolute Gasteiger partial charge is 0.233 e. The Bertz CT molecular complexity index is 809. The average molecular weight is 436 g/mol. The fraction of sp³-hybridized carbons (Fsp3) is 0.524. The van der Waals surface area contributed by atoms with Crippen molar-refractivity contribution in [1.82, 2.24) is 4.90 Å². The molecule has 6 nitrogen and oxygen atoms in total. The molecule has 1 aliphatic heterocycles. The second-order valence-electron chi connectivity index (χ2n) is 7.08. The number of Topliss-reactive ketones (excluding diaryl/α,β-unsaturated/α-hetero) is 2. The zero-order chi connectivity index (χ0) is 21.0. The predicted octanol–water partition coefficient (Wildman–Crippen LogP) is 3.11. The van der Waals surface area contributed by atoms with Crippen molar-refractivity contribution in [2.24, 2.45) is 5.92 Å². The van der Waals surface area contributed by atoms with Crippen LogP contribution in [-0.4, -0.2) is 52.8 Å². The number of benzene rings is 1. The maximum Gasteiger partial charge on any atom is 0.233 e. The molecule has 156 valence electrons. The number of nitrogens with zero attached hydrogens (tertiary/aromatic N) is 1. The topological polar surface area (TPSA) is 72.9 Å². The van der Waals surface area contributed by atoms with E-state index in [0.29, 0.717) is 43.2 Å². The minimum absolute atomic E-state index is 0.0785. The number of hydrogen-bond donors (Lipinski definition) is 0. The fourth-order valence-corrected chi connectivity index (χ4v) is 4.95. The normalized spacial score (nSPS) is 19.7. The minimum atomic E-state index is -0.802. The molecule has 1 fully saturated rings. The van der Waals surface area contributed by atoms with Crippen LogP contribution in [0.3, 0.4) is 0 Å². The molecule has 29 heavy (non-hydrogen) atoms. The molecule has 2 aliphatic rings. The monoisotopic (exact) mass is 435 g/mol. The summed E-state index contributed by atoms with van der Waals surface area (Å²) in [6.45, 7) is 2.73. The molecule has 0 unspecified atom stereocenters. The van der Waals surface area contributed by atoms with Gasteiger partial charge in [0, 0.05) is 19.4 Å². The second kappa shape index (κ2) is 9.71. The van der Waals surface area contributed by atoms with E-state index in [1.165, 1.54) is 11.8 Å². The van der Waals surface area contributed by atoms with E-state index < -0.39 is 12.0 Å². The summed E-state index contributed by atoms with van der Waals surface area (Å²) in [5.41, 5.74) is 1.87. The van der Waals surface area contributed by atoms with E-state index in [4.69, 9.17) is 21.7 Å². The molecule has 0 radical (unpaired) electrons. The summed E-state index contributed by atoms with van der Waals surface area (Å²) in [5.74, 6) is -0.258. The molecular formula is C21H25NO5S2. The van der Waals surface area contributed by atoms with Crippen LogP contribution in [0, 0.1) is 5.92 Å². The lowest BCUT2D eigenvalue weighted by Gasteiger charge is -2.41. The number of carbonyl (C=O) groups excluding carboxylic acids is 3. The molecule has 1 amide bonds. The van der Waals surface area contributed by atoms with Gasteiger partial charge in [-0.2, -0.15) is 0 Å². The van der Waals surface area contributed by atoms with E-state index >= 15 is 0 Å². The largest absolute Gasteiger partial charge is 0.497 e. The lowest BCUT2D eigenvalue weighted by atomic mass is 9.75. The van der Waals surface area contributed by atoms with Crippen molar-refractivity contribution >= 4 is 45.8 Å². The number of hydrogen-bond acceptors (Lipinski definition) is 7. The van der Waals surface area contributed by atoms with Crippen LogP contribution in [0.1, 0.15) is 43.4 Å². The van der Waals surface area contributed by atoms with Crippen LogP contribution in [0.2, 0.25) is 0 Å². The van der Waals surface area contributed by atoms with E-state index in [-0.39, 0.29) is 23.2 Å². The highest BCUT2D eigenvalue weighted by Gasteiger charge is 2.44. The third kappa shape index (κ3) is 4.80. The number of thioether (sulfide) groups is 1. The van der Waals surface area contributed by atoms with Crippen molar-refractivity contribution < 1.29 is 23.9 Å². The maximum absolute atomic E-state index is 13.0. The number of ketones is 2. The molecule has 1 saturated carbocycles. The highest BCUT2D eigenvalue weighted by molar-refractivity contribution is 8.23. The molecule has 1 aliphatic carbocycles. The summed E-state index contributed by atoms with van der Waals surface area (Å²) in [5, 5.41) is 0. The summed E-state index contributed by atoms with van der Waals surface area (Å²) in [7, 11) is 1.60. The van der Waals surface area contributed by atoms with Crippen LogP contribution < -0.4 is 4.74 Å². The van der Waals surface area contributed by atoms with Gasteiger partial charge in [0.05, 0.1) is 25.5 Å². The Labute approximate surface area is 180 Å². The van der Waals surface area contributed by atoms with Gasteiger partial charge in [-0.25, -0.2) is 0 Å². The number of rotatable bonds is 5. The van der Waals surface area contributed by atoms with Gasteiger partial charge in [0.25, 0.3) is 0 Å². The molecule has 8 heteroatoms. The third-order valence-electron chi connectivity index (χ3n) is 5.38. The molecule has 0 N–H and O–H groups in total. The molecule has 1 aromatic carbocycles. The lowest BCUT2D eigenvalue weighted by molar-refractivity contribution is -0.142. The summed E-state index contributed by atoms with van der Waals surface area (Å²) >= 11 is 6.27. The minimum Gasteiger partial charge on any atom is -0.497 e. The molecule has 0 spiro atoms. The van der Waals surface area contributed by atoms with Crippen LogP contribution in [0.5, 0.6) is 5.75 Å². The quantitative estimate of drug-likeness (QED) is 0.520. The van der Waals surface area contributed by atoms with Crippen LogP contribution in [0.15, 0.2) is 18.2 Å². The van der Waals surface area contributed by atoms with E-state index in [1.54, 1.807) is 12.0 Å². The van der Waals surface area contributed by atoms with Crippen LogP contribution >= 0.6 is 24.0 Å². The summed E-state index contributed by atoms with van der Waals surface area (Å²) in [6, 6.07) is 5.06. The first-order chi connectivity index (χ1) is 14.0. The number of ether oxygens (including phenoxy) is 2. The van der Waals surface area contributed by atoms with Crippen molar-refractivity contribution in [1.29, 1.82) is 0 Å². The van der Waals surface area contributed by atoms with E-state index in [0.717, 1.165) is 16.9 Å². The van der Waals surface area contributed by atoms with Crippen LogP contribution in [0.25, 0.3) is 0 Å². The van der Waals surface area contributed by atoms with Crippen molar-refractivity contribution in [3.05, 3.63) is 29.3 Å². The zero-order valence-electron chi connectivity index (χ0n) is 16.6. The summed E-state index contributed by atoms with van der Waals surface area (Å²) < 4.78 is 10.9. The molecular weight excluding hydrogens is 410 g/mol. The highest BCUT2D eigenvalue weighted by Crippen LogP contribution is 2.40. The zero-order valence-corrected chi connectivity index (χ0v) is 18.3. The second-order valence-corrected chi connectivity index (χ2v) is 8.66. The predicted molar refractivity (Wildman–Crippen MR) is 115 cm³/mol. The van der Waals surface area contributed by atoms with Gasteiger partial charge in [-0.05, 0) is 55.2 Å². The Kier molecular flexibility index (Phi) is 7.29. The standard InChI is InChI=1S/C21H25NO5S2/c1-3-27-21(28)29-12-18(25)22-10-9-13-11-14(26-2)7-8-15(13)20(22)19-16(23)5-4-6-17(19)24/h7-8,11,19-20H,3-6,9-10,12H2,1-2H3/t20-/m1/s1. The van der Waals surface area contributed by atoms with Crippen molar-refractivity contribution in [3.8, 4) is 5.75 Å². The van der Waals surface area contributed by atoms with Crippen LogP contribution in [-0.2, 0) is 25.5 Å². The van der Waals surface area contributed by atoms with Gasteiger partial charge < -0.3 is 14.4 Å². The van der Waals surface area contributed by atoms with Crippen molar-refractivity contribution in [3.63, 3.8) is 0 Å². The molecule has 3 rings (SSSR count). The number of methoxy groups -OCH3 is 1. The van der Waals surface area contributed by atoms with Gasteiger partial charge >= 0.3 is 0 Å². The first kappa shape index (κ1) is 21.8. The molecule has 0 aromatic heterocycles. The van der Waals surface area contributed by atoms with Gasteiger partial charge in [0.2, 0.25) is 10.3 Å². The van der Waals surface area contributed by atoms with Gasteiger partial charge in [0.1, 0.15) is 23.2 Å². The number of fused-ring (bicyclic) bond motifs is 1. The van der Waals surface area contributed by atoms with Crippen LogP contribution in [0.4, 0.5) is 0 Å². The Morgan fingerprint density at radius 2 is 1.97 bits per heavy atom. The Morgan fingerprint density at radius 1 is 1.24 bits per heavy atom. The van der Waals surface area contributed by atoms with Gasteiger partial charge in [-0.15, -0.1) is 0 Å². The molecule has 0 bridgehead atoms. The highest BCUT2D eigenvalue weighted by atomic mass is 32.2. The number of thiocarbonyl (C=S) groups is 1. The summed E-state index contributed by atoms with van der Waals surface area (Å²) in [6.07, 6.45) is 1.99. The number of amides is 1. The van der Waals surface area contributed by atoms with Crippen molar-refractivity contribution in [2.75, 3.05) is 26.0 Å². The first-order valence-electron chi connectivity index (χ1n) is 9.77. The molecule has 1 aromatic rings. The Morgan fingerprint density at radius 3 is 2.62 bits per heavy atom. The summed E-state index contributed by atoms with van der Waals surface area (Å²) in [4.78, 5) is 40.2. The SMILES string of the molecule is CCOC(=S)SCC(=O)N1CCc2cc(OC)ccc2[C@@H]1C1C(=O)CCCC1=O. The maximum atomic E-state index is 13.0. The Hall–Kier alpha value is -1.93. The van der Waals surface area contributed by atoms with Gasteiger partial charge in [0.15, 0.2) is 0 Å². The molecule has 1 heterocycles. The molecule has 1 atom stereocenters. The lowest BCUT2D eigenvalue weighted by Crippen LogP contribution is -2.49. The van der Waals surface area contributed by atoms with Gasteiger partial charge in [-0.1, -0.05) is 17.8 Å². The van der Waals surface area contributed by atoms with E-state index in [9.17, 15) is 14.4 Å². The average Bonchev–Trinajstić information content (AvgIpc) is 2.71. The van der Waals surface area contributed by atoms with Gasteiger partial charge in [-0.3, -0.25) is 14.4 Å². The third-order valence-corrected chi connectivity index (χ3v) is 6.59. The number of carbonyl (C=O) groups is 3. The Balaban J connectivity index is 1.92. The van der Waals surface area contributed by atoms with Crippen molar-refractivity contribution in [2.45, 2.75) is 38.6 Å². The van der Waals surface area contributed by atoms with E-state index in [1.807, 2.05) is 25.1 Å².